The maximum absolute atomic E-state index is 12.6. The van der Waals surface area contributed by atoms with Crippen molar-refractivity contribution in [3.8, 4) is 0 Å². The number of benzene rings is 2. The Hall–Kier alpha value is -2.90. The summed E-state index contributed by atoms with van der Waals surface area (Å²) in [5.74, 6) is -0.344. The monoisotopic (exact) mass is 415 g/mol. The second kappa shape index (κ2) is 8.86. The van der Waals surface area contributed by atoms with Gasteiger partial charge in [-0.25, -0.2) is 8.42 Å². The summed E-state index contributed by atoms with van der Waals surface area (Å²) in [5.41, 5.74) is 1.61. The highest BCUT2D eigenvalue weighted by atomic mass is 35.5. The molecule has 1 aromatic heterocycles. The van der Waals surface area contributed by atoms with Gasteiger partial charge in [-0.15, -0.1) is 0 Å². The molecule has 2 aromatic carbocycles. The number of halogens is 1. The van der Waals surface area contributed by atoms with Crippen LogP contribution < -0.4 is 10.0 Å². The van der Waals surface area contributed by atoms with Crippen molar-refractivity contribution in [2.24, 2.45) is 0 Å². The Bertz CT molecular complexity index is 1070. The van der Waals surface area contributed by atoms with Crippen LogP contribution >= 0.6 is 11.6 Å². The van der Waals surface area contributed by atoms with Crippen LogP contribution in [-0.2, 0) is 16.4 Å². The summed E-state index contributed by atoms with van der Waals surface area (Å²) in [7, 11) is -3.85. The van der Waals surface area contributed by atoms with E-state index in [1.165, 1.54) is 24.3 Å². The molecule has 0 fully saturated rings. The first-order chi connectivity index (χ1) is 13.4. The van der Waals surface area contributed by atoms with Crippen LogP contribution in [0.2, 0.25) is 5.02 Å². The van der Waals surface area contributed by atoms with Crippen molar-refractivity contribution in [1.82, 2.24) is 10.3 Å². The molecule has 0 saturated carbocycles. The Morgan fingerprint density at radius 2 is 1.86 bits per heavy atom. The van der Waals surface area contributed by atoms with Crippen LogP contribution in [0.4, 0.5) is 5.69 Å². The van der Waals surface area contributed by atoms with Gasteiger partial charge in [0.1, 0.15) is 0 Å². The van der Waals surface area contributed by atoms with Crippen LogP contribution in [-0.4, -0.2) is 25.9 Å². The molecule has 0 unspecified atom stereocenters. The van der Waals surface area contributed by atoms with Gasteiger partial charge in [0.2, 0.25) is 0 Å². The zero-order valence-electron chi connectivity index (χ0n) is 14.8. The molecular weight excluding hydrogens is 398 g/mol. The van der Waals surface area contributed by atoms with Crippen LogP contribution in [0.15, 0.2) is 78.0 Å². The summed E-state index contributed by atoms with van der Waals surface area (Å²) < 4.78 is 27.6. The first-order valence-electron chi connectivity index (χ1n) is 8.49. The lowest BCUT2D eigenvalue weighted by molar-refractivity contribution is 0.0954. The Morgan fingerprint density at radius 3 is 2.61 bits per heavy atom. The molecule has 8 heteroatoms. The van der Waals surface area contributed by atoms with E-state index in [-0.39, 0.29) is 16.4 Å². The van der Waals surface area contributed by atoms with Crippen molar-refractivity contribution < 1.29 is 13.2 Å². The first-order valence-corrected chi connectivity index (χ1v) is 10.4. The summed E-state index contributed by atoms with van der Waals surface area (Å²) in [6, 6.07) is 16.0. The molecule has 0 bridgehead atoms. The highest BCUT2D eigenvalue weighted by molar-refractivity contribution is 7.92. The molecule has 0 aliphatic rings. The van der Waals surface area contributed by atoms with Crippen LogP contribution in [0.3, 0.4) is 0 Å². The molecule has 1 amide bonds. The van der Waals surface area contributed by atoms with Gasteiger partial charge in [-0.1, -0.05) is 29.8 Å². The lowest BCUT2D eigenvalue weighted by Gasteiger charge is -2.10. The third kappa shape index (κ3) is 5.31. The van der Waals surface area contributed by atoms with Gasteiger partial charge < -0.3 is 5.32 Å². The van der Waals surface area contributed by atoms with Crippen LogP contribution in [0.25, 0.3) is 0 Å². The van der Waals surface area contributed by atoms with Crippen molar-refractivity contribution in [2.45, 2.75) is 11.3 Å². The fourth-order valence-corrected chi connectivity index (χ4v) is 3.82. The molecule has 0 saturated heterocycles. The Morgan fingerprint density at radius 1 is 1.04 bits per heavy atom. The molecule has 28 heavy (non-hydrogen) atoms. The van der Waals surface area contributed by atoms with Crippen LogP contribution in [0.5, 0.6) is 0 Å². The maximum Gasteiger partial charge on any atom is 0.261 e. The zero-order chi connectivity index (χ0) is 20.0. The smallest absolute Gasteiger partial charge is 0.261 e. The number of aromatic nitrogens is 1. The first kappa shape index (κ1) is 19.9. The number of nitrogens with zero attached hydrogens (tertiary/aromatic N) is 1. The summed E-state index contributed by atoms with van der Waals surface area (Å²) in [6.45, 7) is 0.419. The van der Waals surface area contributed by atoms with E-state index in [4.69, 9.17) is 11.6 Å². The minimum Gasteiger partial charge on any atom is -0.352 e. The molecular formula is C20H18ClN3O3S. The number of carbonyl (C=O) groups excluding carboxylic acids is 1. The average Bonchev–Trinajstić information content (AvgIpc) is 2.68. The number of carbonyl (C=O) groups is 1. The van der Waals surface area contributed by atoms with Gasteiger partial charge in [0.25, 0.3) is 15.9 Å². The Kier molecular flexibility index (Phi) is 6.28. The van der Waals surface area contributed by atoms with Gasteiger partial charge in [-0.05, 0) is 54.4 Å². The SMILES string of the molecule is O=C(NCCc1cccnc1)c1cccc(S(=O)(=O)Nc2cccc(Cl)c2)c1. The molecule has 0 aliphatic heterocycles. The molecule has 3 aromatic rings. The van der Waals surface area contributed by atoms with Crippen molar-refractivity contribution >= 4 is 33.2 Å². The zero-order valence-corrected chi connectivity index (χ0v) is 16.4. The largest absolute Gasteiger partial charge is 0.352 e. The van der Waals surface area contributed by atoms with E-state index in [2.05, 4.69) is 15.0 Å². The number of nitrogens with one attached hydrogen (secondary N) is 2. The summed E-state index contributed by atoms with van der Waals surface area (Å²) in [4.78, 5) is 16.4. The second-order valence-electron chi connectivity index (χ2n) is 6.01. The van der Waals surface area contributed by atoms with Crippen LogP contribution in [0.1, 0.15) is 15.9 Å². The number of anilines is 1. The number of hydrogen-bond acceptors (Lipinski definition) is 4. The molecule has 0 spiro atoms. The molecule has 0 atom stereocenters. The Balaban J connectivity index is 1.67. The van der Waals surface area contributed by atoms with Crippen molar-refractivity contribution in [2.75, 3.05) is 11.3 Å². The highest BCUT2D eigenvalue weighted by Gasteiger charge is 2.16. The molecule has 3 rings (SSSR count). The van der Waals surface area contributed by atoms with E-state index in [0.717, 1.165) is 5.56 Å². The average molecular weight is 416 g/mol. The standard InChI is InChI=1S/C20H18ClN3O3S/c21-17-6-2-7-18(13-17)24-28(26,27)19-8-1-5-16(12-19)20(25)23-11-9-15-4-3-10-22-14-15/h1-8,10,12-14,24H,9,11H2,(H,23,25). The number of sulfonamides is 1. The fourth-order valence-electron chi connectivity index (χ4n) is 2.54. The predicted octanol–water partition coefficient (Wildman–Crippen LogP) is 3.51. The van der Waals surface area contributed by atoms with E-state index >= 15 is 0 Å². The van der Waals surface area contributed by atoms with Gasteiger partial charge in [-0.2, -0.15) is 0 Å². The molecule has 1 heterocycles. The minimum absolute atomic E-state index is 0.00705. The van der Waals surface area contributed by atoms with E-state index in [9.17, 15) is 13.2 Å². The van der Waals surface area contributed by atoms with Gasteiger partial charge in [0.05, 0.1) is 10.6 Å². The third-order valence-corrected chi connectivity index (χ3v) is 5.52. The maximum atomic E-state index is 12.6. The summed E-state index contributed by atoms with van der Waals surface area (Å²) in [6.07, 6.45) is 4.06. The number of hydrogen-bond donors (Lipinski definition) is 2. The topological polar surface area (TPSA) is 88.2 Å². The van der Waals surface area contributed by atoms with Crippen molar-refractivity contribution in [3.05, 3.63) is 89.2 Å². The minimum atomic E-state index is -3.85. The van der Waals surface area contributed by atoms with Gasteiger partial charge in [0, 0.05) is 29.5 Å². The number of rotatable bonds is 7. The van der Waals surface area contributed by atoms with E-state index in [0.29, 0.717) is 23.7 Å². The van der Waals surface area contributed by atoms with E-state index < -0.39 is 10.0 Å². The molecule has 0 aliphatic carbocycles. The predicted molar refractivity (Wildman–Crippen MR) is 109 cm³/mol. The number of pyridine rings is 1. The molecule has 0 radical (unpaired) electrons. The quantitative estimate of drug-likeness (QED) is 0.618. The lowest BCUT2D eigenvalue weighted by atomic mass is 10.2. The van der Waals surface area contributed by atoms with Gasteiger partial charge >= 0.3 is 0 Å². The molecule has 6 nitrogen and oxygen atoms in total. The second-order valence-corrected chi connectivity index (χ2v) is 8.13. The summed E-state index contributed by atoms with van der Waals surface area (Å²) in [5, 5.41) is 3.20. The van der Waals surface area contributed by atoms with E-state index in [1.54, 1.807) is 36.7 Å². The summed E-state index contributed by atoms with van der Waals surface area (Å²) >= 11 is 5.89. The van der Waals surface area contributed by atoms with Gasteiger partial charge in [0.15, 0.2) is 0 Å². The molecule has 2 N–H and O–H groups in total. The van der Waals surface area contributed by atoms with Gasteiger partial charge in [-0.3, -0.25) is 14.5 Å². The highest BCUT2D eigenvalue weighted by Crippen LogP contribution is 2.20. The van der Waals surface area contributed by atoms with E-state index in [1.807, 2.05) is 12.1 Å². The number of amides is 1. The van der Waals surface area contributed by atoms with Crippen molar-refractivity contribution in [3.63, 3.8) is 0 Å². The normalized spacial score (nSPS) is 11.0. The Labute approximate surface area is 168 Å². The van der Waals surface area contributed by atoms with Crippen LogP contribution in [0, 0.1) is 0 Å². The van der Waals surface area contributed by atoms with Crippen molar-refractivity contribution in [1.29, 1.82) is 0 Å². The molecule has 144 valence electrons. The third-order valence-electron chi connectivity index (χ3n) is 3.91. The lowest BCUT2D eigenvalue weighted by Crippen LogP contribution is -2.26. The fraction of sp³-hybridized carbons (Fsp3) is 0.100.